The van der Waals surface area contributed by atoms with Crippen molar-refractivity contribution in [3.05, 3.63) is 75.4 Å². The van der Waals surface area contributed by atoms with Crippen LogP contribution in [0.25, 0.3) is 10.2 Å². The third kappa shape index (κ3) is 5.05. The first-order valence-corrected chi connectivity index (χ1v) is 11.0. The van der Waals surface area contributed by atoms with E-state index in [0.29, 0.717) is 44.0 Å². The van der Waals surface area contributed by atoms with Gasteiger partial charge in [-0.1, -0.05) is 23.7 Å². The number of methoxy groups -OCH3 is 1. The highest BCUT2D eigenvalue weighted by atomic mass is 35.5. The Morgan fingerprint density at radius 3 is 2.73 bits per heavy atom. The third-order valence-corrected chi connectivity index (χ3v) is 6.29. The third-order valence-electron chi connectivity index (χ3n) is 4.84. The maximum atomic E-state index is 12.6. The highest BCUT2D eigenvalue weighted by Gasteiger charge is 2.18. The first-order chi connectivity index (χ1) is 16.0. The number of halogens is 1. The number of ether oxygens (including phenoxy) is 2. The molecule has 0 aliphatic rings. The molecule has 0 unspecified atom stereocenters. The Morgan fingerprint density at radius 2 is 2.00 bits per heavy atom. The van der Waals surface area contributed by atoms with E-state index in [1.54, 1.807) is 19.2 Å². The molecule has 0 saturated heterocycles. The SMILES string of the molecule is COc1cc(/C=N\NC(=O)c2sc3ncnc(N)c3c2C)ccc1OCc1ccc(Cl)cc1. The maximum absolute atomic E-state index is 12.6. The summed E-state index contributed by atoms with van der Waals surface area (Å²) in [5.74, 6) is 1.14. The molecule has 2 aromatic carbocycles. The van der Waals surface area contributed by atoms with E-state index in [1.165, 1.54) is 23.9 Å². The Hall–Kier alpha value is -3.69. The van der Waals surface area contributed by atoms with E-state index in [4.69, 9.17) is 26.8 Å². The van der Waals surface area contributed by atoms with Gasteiger partial charge in [-0.3, -0.25) is 4.79 Å². The van der Waals surface area contributed by atoms with Gasteiger partial charge in [-0.15, -0.1) is 11.3 Å². The number of hydrogen-bond donors (Lipinski definition) is 2. The quantitative estimate of drug-likeness (QED) is 0.295. The molecule has 0 bridgehead atoms. The summed E-state index contributed by atoms with van der Waals surface area (Å²) in [6.45, 7) is 2.19. The number of thiophene rings is 1. The molecule has 2 aromatic heterocycles. The topological polar surface area (TPSA) is 112 Å². The molecule has 0 aliphatic heterocycles. The van der Waals surface area contributed by atoms with Crippen LogP contribution in [0.15, 0.2) is 53.9 Å². The predicted octanol–water partition coefficient (Wildman–Crippen LogP) is 4.59. The van der Waals surface area contributed by atoms with Gasteiger partial charge in [0, 0.05) is 5.02 Å². The largest absolute Gasteiger partial charge is 0.493 e. The molecule has 0 spiro atoms. The molecule has 2 heterocycles. The molecule has 4 rings (SSSR count). The van der Waals surface area contributed by atoms with Crippen LogP contribution >= 0.6 is 22.9 Å². The van der Waals surface area contributed by atoms with E-state index in [0.717, 1.165) is 16.7 Å². The molecule has 0 aliphatic carbocycles. The number of nitrogens with one attached hydrogen (secondary N) is 1. The van der Waals surface area contributed by atoms with Crippen LogP contribution in [-0.2, 0) is 6.61 Å². The Labute approximate surface area is 199 Å². The van der Waals surface area contributed by atoms with Gasteiger partial charge in [0.05, 0.1) is 23.6 Å². The Balaban J connectivity index is 1.43. The predicted molar refractivity (Wildman–Crippen MR) is 130 cm³/mol. The molecule has 168 valence electrons. The minimum atomic E-state index is -0.346. The van der Waals surface area contributed by atoms with E-state index in [-0.39, 0.29) is 5.91 Å². The summed E-state index contributed by atoms with van der Waals surface area (Å²) in [4.78, 5) is 21.9. The monoisotopic (exact) mass is 481 g/mol. The van der Waals surface area contributed by atoms with Gasteiger partial charge in [-0.25, -0.2) is 15.4 Å². The lowest BCUT2D eigenvalue weighted by molar-refractivity contribution is 0.0958. The summed E-state index contributed by atoms with van der Waals surface area (Å²) in [6.07, 6.45) is 2.91. The van der Waals surface area contributed by atoms with Gasteiger partial charge in [0.15, 0.2) is 11.5 Å². The fourth-order valence-electron chi connectivity index (χ4n) is 3.16. The van der Waals surface area contributed by atoms with Gasteiger partial charge in [-0.2, -0.15) is 5.10 Å². The molecule has 0 atom stereocenters. The van der Waals surface area contributed by atoms with Crippen LogP contribution in [0.1, 0.15) is 26.4 Å². The average molecular weight is 482 g/mol. The lowest BCUT2D eigenvalue weighted by atomic mass is 10.2. The fourth-order valence-corrected chi connectivity index (χ4v) is 4.33. The van der Waals surface area contributed by atoms with Gasteiger partial charge in [-0.05, 0) is 53.9 Å². The van der Waals surface area contributed by atoms with Crippen LogP contribution in [0.3, 0.4) is 0 Å². The summed E-state index contributed by atoms with van der Waals surface area (Å²) < 4.78 is 11.3. The van der Waals surface area contributed by atoms with Gasteiger partial charge in [0.25, 0.3) is 5.91 Å². The normalized spacial score (nSPS) is 11.1. The molecule has 0 radical (unpaired) electrons. The van der Waals surface area contributed by atoms with Gasteiger partial charge < -0.3 is 15.2 Å². The molecule has 10 heteroatoms. The molecule has 3 N–H and O–H groups in total. The minimum absolute atomic E-state index is 0.346. The number of hydrazone groups is 1. The van der Waals surface area contributed by atoms with Crippen molar-refractivity contribution in [1.82, 2.24) is 15.4 Å². The second kappa shape index (κ2) is 9.85. The molecule has 4 aromatic rings. The zero-order valence-electron chi connectivity index (χ0n) is 17.8. The maximum Gasteiger partial charge on any atom is 0.281 e. The number of aromatic nitrogens is 2. The Morgan fingerprint density at radius 1 is 1.21 bits per heavy atom. The second-order valence-corrected chi connectivity index (χ2v) is 8.46. The number of amides is 1. The summed E-state index contributed by atoms with van der Waals surface area (Å²) >= 11 is 7.16. The summed E-state index contributed by atoms with van der Waals surface area (Å²) in [6, 6.07) is 12.8. The second-order valence-electron chi connectivity index (χ2n) is 7.02. The van der Waals surface area contributed by atoms with Gasteiger partial charge in [0.2, 0.25) is 0 Å². The molecular formula is C23H20ClN5O3S. The number of nitrogen functional groups attached to an aromatic ring is 1. The van der Waals surface area contributed by atoms with Crippen LogP contribution in [0.4, 0.5) is 5.82 Å². The van der Waals surface area contributed by atoms with E-state index < -0.39 is 0 Å². The highest BCUT2D eigenvalue weighted by Crippen LogP contribution is 2.32. The zero-order chi connectivity index (χ0) is 23.4. The number of rotatable bonds is 7. The van der Waals surface area contributed by atoms with Gasteiger partial charge in [0.1, 0.15) is 23.6 Å². The van der Waals surface area contributed by atoms with Crippen molar-refractivity contribution in [1.29, 1.82) is 0 Å². The van der Waals surface area contributed by atoms with Crippen molar-refractivity contribution < 1.29 is 14.3 Å². The Bertz CT molecular complexity index is 1340. The van der Waals surface area contributed by atoms with Crippen LogP contribution < -0.4 is 20.6 Å². The number of anilines is 1. The van der Waals surface area contributed by atoms with E-state index in [1.807, 2.05) is 37.3 Å². The summed E-state index contributed by atoms with van der Waals surface area (Å²) in [5.41, 5.74) is 10.9. The lowest BCUT2D eigenvalue weighted by Gasteiger charge is -2.11. The highest BCUT2D eigenvalue weighted by molar-refractivity contribution is 7.20. The van der Waals surface area contributed by atoms with Crippen LogP contribution in [0, 0.1) is 6.92 Å². The molecule has 33 heavy (non-hydrogen) atoms. The molecule has 0 saturated carbocycles. The summed E-state index contributed by atoms with van der Waals surface area (Å²) in [7, 11) is 1.56. The Kier molecular flexibility index (Phi) is 6.71. The number of fused-ring (bicyclic) bond motifs is 1. The molecule has 8 nitrogen and oxygen atoms in total. The average Bonchev–Trinajstić information content (AvgIpc) is 3.16. The van der Waals surface area contributed by atoms with Crippen LogP contribution in [0.5, 0.6) is 11.5 Å². The number of carbonyl (C=O) groups excluding carboxylic acids is 1. The standard InChI is InChI=1S/C23H20ClN5O3S/c1-13-19-21(25)26-12-27-23(19)33-20(13)22(30)29-28-10-15-5-8-17(18(9-15)31-2)32-11-14-3-6-16(24)7-4-14/h3-10,12H,11H2,1-2H3,(H,29,30)(H2,25,26,27)/b28-10-. The number of carbonyl (C=O) groups is 1. The van der Waals surface area contributed by atoms with Crippen LogP contribution in [0.2, 0.25) is 5.02 Å². The first-order valence-electron chi connectivity index (χ1n) is 9.84. The van der Waals surface area contributed by atoms with Crippen LogP contribution in [-0.4, -0.2) is 29.2 Å². The molecule has 1 amide bonds. The number of nitrogens with two attached hydrogens (primary N) is 1. The molecular weight excluding hydrogens is 462 g/mol. The summed E-state index contributed by atoms with van der Waals surface area (Å²) in [5, 5.41) is 5.43. The van der Waals surface area contributed by atoms with Gasteiger partial charge >= 0.3 is 0 Å². The van der Waals surface area contributed by atoms with Crippen molar-refractivity contribution in [2.75, 3.05) is 12.8 Å². The van der Waals surface area contributed by atoms with Crippen molar-refractivity contribution in [2.45, 2.75) is 13.5 Å². The number of nitrogens with zero attached hydrogens (tertiary/aromatic N) is 3. The fraction of sp³-hybridized carbons (Fsp3) is 0.130. The van der Waals surface area contributed by atoms with E-state index >= 15 is 0 Å². The van der Waals surface area contributed by atoms with E-state index in [9.17, 15) is 4.79 Å². The first kappa shape index (κ1) is 22.5. The van der Waals surface area contributed by atoms with Crippen molar-refractivity contribution in [3.8, 4) is 11.5 Å². The zero-order valence-corrected chi connectivity index (χ0v) is 19.4. The van der Waals surface area contributed by atoms with Crippen molar-refractivity contribution in [2.24, 2.45) is 5.10 Å². The smallest absolute Gasteiger partial charge is 0.281 e. The number of benzene rings is 2. The minimum Gasteiger partial charge on any atom is -0.493 e. The van der Waals surface area contributed by atoms with Crippen molar-refractivity contribution >= 4 is 51.1 Å². The van der Waals surface area contributed by atoms with E-state index in [2.05, 4.69) is 20.5 Å². The molecule has 0 fully saturated rings. The number of aryl methyl sites for hydroxylation is 1. The van der Waals surface area contributed by atoms with Crippen molar-refractivity contribution in [3.63, 3.8) is 0 Å². The lowest BCUT2D eigenvalue weighted by Crippen LogP contribution is -2.17. The number of hydrogen-bond acceptors (Lipinski definition) is 8.